The number of hydrogen-bond acceptors (Lipinski definition) is 7. The van der Waals surface area contributed by atoms with Gasteiger partial charge in [0.05, 0.1) is 17.1 Å². The van der Waals surface area contributed by atoms with Crippen molar-refractivity contribution in [1.82, 2.24) is 10.3 Å². The molecule has 0 aliphatic carbocycles. The van der Waals surface area contributed by atoms with Crippen LogP contribution >= 0.6 is 0 Å². The summed E-state index contributed by atoms with van der Waals surface area (Å²) in [5.74, 6) is 0. The molecule has 3 rings (SSSR count). The molecule has 1 unspecified atom stereocenters. The molecule has 8 heteroatoms. The Bertz CT molecular complexity index is 641. The number of ether oxygens (including phenoxy) is 1. The molecule has 0 bridgehead atoms. The summed E-state index contributed by atoms with van der Waals surface area (Å²) in [7, 11) is 1.65. The van der Waals surface area contributed by atoms with Gasteiger partial charge in [-0.15, -0.1) is 0 Å². The minimum atomic E-state index is -0.455. The van der Waals surface area contributed by atoms with Crippen molar-refractivity contribution in [3.8, 4) is 0 Å². The van der Waals surface area contributed by atoms with E-state index in [0.717, 1.165) is 13.1 Å². The number of hydrogen-bond donors (Lipinski definition) is 2. The van der Waals surface area contributed by atoms with Crippen molar-refractivity contribution < 1.29 is 14.1 Å². The number of nitrogens with one attached hydrogen (secondary N) is 2. The molecule has 0 saturated carbocycles. The van der Waals surface area contributed by atoms with Crippen molar-refractivity contribution in [2.45, 2.75) is 12.1 Å². The number of oxazole rings is 1. The van der Waals surface area contributed by atoms with Gasteiger partial charge in [0, 0.05) is 32.3 Å². The zero-order chi connectivity index (χ0) is 14.1. The first kappa shape index (κ1) is 12.8. The van der Waals surface area contributed by atoms with Crippen molar-refractivity contribution in [1.29, 1.82) is 0 Å². The van der Waals surface area contributed by atoms with Gasteiger partial charge < -0.3 is 19.8 Å². The number of aromatic nitrogens is 1. The molecule has 1 saturated heterocycles. The smallest absolute Gasteiger partial charge is 0.296 e. The first-order valence-corrected chi connectivity index (χ1v) is 6.22. The molecule has 0 amide bonds. The van der Waals surface area contributed by atoms with Gasteiger partial charge in [-0.1, -0.05) is 0 Å². The van der Waals surface area contributed by atoms with Crippen LogP contribution in [0.1, 0.15) is 0 Å². The van der Waals surface area contributed by atoms with E-state index in [1.165, 1.54) is 12.1 Å². The number of methoxy groups -OCH3 is 1. The predicted molar refractivity (Wildman–Crippen MR) is 71.7 cm³/mol. The fourth-order valence-corrected chi connectivity index (χ4v) is 2.30. The molecule has 2 heterocycles. The summed E-state index contributed by atoms with van der Waals surface area (Å²) in [5, 5.41) is 17.1. The van der Waals surface area contributed by atoms with Crippen LogP contribution in [0.5, 0.6) is 0 Å². The van der Waals surface area contributed by atoms with Gasteiger partial charge in [-0.25, -0.2) is 0 Å². The van der Waals surface area contributed by atoms with Crippen LogP contribution in [0.4, 0.5) is 11.7 Å². The SMILES string of the molecule is CO[C@H]1CNCC1Nc1nc2cc([N+](=O)[O-])ccc2o1. The maximum absolute atomic E-state index is 10.7. The monoisotopic (exact) mass is 278 g/mol. The number of non-ortho nitro benzene ring substituents is 1. The topological polar surface area (TPSA) is 102 Å². The van der Waals surface area contributed by atoms with Crippen LogP contribution in [0.25, 0.3) is 11.1 Å². The lowest BCUT2D eigenvalue weighted by atomic mass is 10.2. The first-order valence-electron chi connectivity index (χ1n) is 6.22. The molecule has 2 aromatic rings. The molecule has 2 N–H and O–H groups in total. The van der Waals surface area contributed by atoms with Gasteiger partial charge in [-0.3, -0.25) is 10.1 Å². The number of nitro benzene ring substituents is 1. The Labute approximate surface area is 114 Å². The number of rotatable bonds is 4. The summed E-state index contributed by atoms with van der Waals surface area (Å²) in [6, 6.07) is 4.74. The second-order valence-electron chi connectivity index (χ2n) is 4.61. The molecule has 20 heavy (non-hydrogen) atoms. The van der Waals surface area contributed by atoms with E-state index in [1.807, 2.05) is 0 Å². The standard InChI is InChI=1S/C12H14N4O4/c1-19-11-6-13-5-9(11)15-12-14-8-4-7(16(17)18)2-3-10(8)20-12/h2-4,9,11,13H,5-6H2,1H3,(H,14,15)/t9?,11-/m0/s1. The van der Waals surface area contributed by atoms with Crippen molar-refractivity contribution in [2.24, 2.45) is 0 Å². The summed E-state index contributed by atoms with van der Waals surface area (Å²) in [4.78, 5) is 14.5. The Morgan fingerprint density at radius 1 is 1.55 bits per heavy atom. The number of anilines is 1. The van der Waals surface area contributed by atoms with E-state index in [9.17, 15) is 10.1 Å². The van der Waals surface area contributed by atoms with Crippen molar-refractivity contribution in [3.05, 3.63) is 28.3 Å². The lowest BCUT2D eigenvalue weighted by Gasteiger charge is -2.16. The number of fused-ring (bicyclic) bond motifs is 1. The Morgan fingerprint density at radius 2 is 2.40 bits per heavy atom. The molecular formula is C12H14N4O4. The van der Waals surface area contributed by atoms with E-state index >= 15 is 0 Å². The number of nitro groups is 1. The van der Waals surface area contributed by atoms with Gasteiger partial charge >= 0.3 is 0 Å². The fourth-order valence-electron chi connectivity index (χ4n) is 2.30. The highest BCUT2D eigenvalue weighted by Crippen LogP contribution is 2.24. The summed E-state index contributed by atoms with van der Waals surface area (Å²) < 4.78 is 10.9. The van der Waals surface area contributed by atoms with E-state index in [1.54, 1.807) is 13.2 Å². The zero-order valence-electron chi connectivity index (χ0n) is 10.8. The number of nitrogens with zero attached hydrogens (tertiary/aromatic N) is 2. The lowest BCUT2D eigenvalue weighted by Crippen LogP contribution is -2.33. The van der Waals surface area contributed by atoms with E-state index in [2.05, 4.69) is 15.6 Å². The average molecular weight is 278 g/mol. The molecule has 8 nitrogen and oxygen atoms in total. The molecule has 2 atom stereocenters. The molecule has 1 aliphatic heterocycles. The third-order valence-corrected chi connectivity index (χ3v) is 3.35. The van der Waals surface area contributed by atoms with Gasteiger partial charge in [0.25, 0.3) is 11.7 Å². The molecule has 0 radical (unpaired) electrons. The molecule has 1 aromatic carbocycles. The fraction of sp³-hybridized carbons (Fsp3) is 0.417. The quantitative estimate of drug-likeness (QED) is 0.638. The summed E-state index contributed by atoms with van der Waals surface area (Å²) in [6.45, 7) is 1.51. The van der Waals surface area contributed by atoms with Gasteiger partial charge in [0.15, 0.2) is 5.58 Å². The molecule has 0 spiro atoms. The van der Waals surface area contributed by atoms with E-state index < -0.39 is 4.92 Å². The van der Waals surface area contributed by atoms with Crippen LogP contribution in [0.15, 0.2) is 22.6 Å². The highest BCUT2D eigenvalue weighted by atomic mass is 16.6. The highest BCUT2D eigenvalue weighted by Gasteiger charge is 2.28. The summed E-state index contributed by atoms with van der Waals surface area (Å²) >= 11 is 0. The van der Waals surface area contributed by atoms with Crippen molar-refractivity contribution >= 4 is 22.8 Å². The summed E-state index contributed by atoms with van der Waals surface area (Å²) in [5.41, 5.74) is 0.967. The Morgan fingerprint density at radius 3 is 3.15 bits per heavy atom. The molecule has 106 valence electrons. The van der Waals surface area contributed by atoms with Gasteiger partial charge in [-0.2, -0.15) is 4.98 Å². The summed E-state index contributed by atoms with van der Waals surface area (Å²) in [6.07, 6.45) is 0.0411. The maximum Gasteiger partial charge on any atom is 0.296 e. The second kappa shape index (κ2) is 5.06. The molecule has 1 aromatic heterocycles. The Hall–Kier alpha value is -2.19. The van der Waals surface area contributed by atoms with Crippen LogP contribution in [0.2, 0.25) is 0 Å². The predicted octanol–water partition coefficient (Wildman–Crippen LogP) is 1.13. The molecule has 1 fully saturated rings. The maximum atomic E-state index is 10.7. The zero-order valence-corrected chi connectivity index (χ0v) is 10.8. The van der Waals surface area contributed by atoms with E-state index in [-0.39, 0.29) is 17.8 Å². The van der Waals surface area contributed by atoms with Crippen LogP contribution in [-0.2, 0) is 4.74 Å². The highest BCUT2D eigenvalue weighted by molar-refractivity contribution is 5.77. The largest absolute Gasteiger partial charge is 0.424 e. The van der Waals surface area contributed by atoms with Crippen molar-refractivity contribution in [3.63, 3.8) is 0 Å². The molecule has 1 aliphatic rings. The third kappa shape index (κ3) is 2.30. The number of benzene rings is 1. The minimum absolute atomic E-state index is 0.00495. The Kier molecular flexibility index (Phi) is 3.25. The Balaban J connectivity index is 1.84. The van der Waals surface area contributed by atoms with Crippen LogP contribution in [-0.4, -0.2) is 42.3 Å². The van der Waals surface area contributed by atoms with Gasteiger partial charge in [0.1, 0.15) is 5.52 Å². The minimum Gasteiger partial charge on any atom is -0.424 e. The van der Waals surface area contributed by atoms with Crippen LogP contribution in [0, 0.1) is 10.1 Å². The van der Waals surface area contributed by atoms with E-state index in [0.29, 0.717) is 17.1 Å². The van der Waals surface area contributed by atoms with Crippen LogP contribution in [0.3, 0.4) is 0 Å². The van der Waals surface area contributed by atoms with Gasteiger partial charge in [-0.05, 0) is 6.07 Å². The third-order valence-electron chi connectivity index (χ3n) is 3.35. The van der Waals surface area contributed by atoms with Crippen molar-refractivity contribution in [2.75, 3.05) is 25.5 Å². The van der Waals surface area contributed by atoms with Gasteiger partial charge in [0.2, 0.25) is 0 Å². The van der Waals surface area contributed by atoms with Crippen LogP contribution < -0.4 is 10.6 Å². The second-order valence-corrected chi connectivity index (χ2v) is 4.61. The normalized spacial score (nSPS) is 22.2. The average Bonchev–Trinajstić information content (AvgIpc) is 3.03. The first-order chi connectivity index (χ1) is 9.67. The van der Waals surface area contributed by atoms with E-state index in [4.69, 9.17) is 9.15 Å². The lowest BCUT2D eigenvalue weighted by molar-refractivity contribution is -0.384. The molecular weight excluding hydrogens is 264 g/mol.